The lowest BCUT2D eigenvalue weighted by atomic mass is 9.94. The van der Waals surface area contributed by atoms with Crippen LogP contribution < -0.4 is 5.32 Å². The molecule has 100 valence electrons. The Hall–Kier alpha value is -0.970. The quantitative estimate of drug-likeness (QED) is 0.862. The molecule has 1 heterocycles. The molecular formula is C14H20FNO2. The molecule has 1 aliphatic rings. The Kier molecular flexibility index (Phi) is 4.00. The largest absolute Gasteiger partial charge is 0.387 e. The van der Waals surface area contributed by atoms with Crippen molar-refractivity contribution in [1.82, 2.24) is 5.32 Å². The second-order valence-electron chi connectivity index (χ2n) is 5.13. The standard InChI is InChI=1S/C14H20FNO2/c1-10-14(2,7-8-18-10)16-9-13(17)11-3-5-12(15)6-4-11/h3-6,10,13,16-17H,7-9H2,1-2H3. The Morgan fingerprint density at radius 3 is 2.72 bits per heavy atom. The fourth-order valence-electron chi connectivity index (χ4n) is 2.20. The summed E-state index contributed by atoms with van der Waals surface area (Å²) < 4.78 is 18.3. The maximum Gasteiger partial charge on any atom is 0.123 e. The van der Waals surface area contributed by atoms with E-state index in [2.05, 4.69) is 12.2 Å². The van der Waals surface area contributed by atoms with Crippen LogP contribution in [0.3, 0.4) is 0 Å². The lowest BCUT2D eigenvalue weighted by molar-refractivity contribution is 0.0800. The highest BCUT2D eigenvalue weighted by Crippen LogP contribution is 2.25. The van der Waals surface area contributed by atoms with Crippen LogP contribution in [0.4, 0.5) is 4.39 Å². The smallest absolute Gasteiger partial charge is 0.123 e. The minimum Gasteiger partial charge on any atom is -0.387 e. The number of ether oxygens (including phenoxy) is 1. The first-order valence-corrected chi connectivity index (χ1v) is 6.31. The van der Waals surface area contributed by atoms with Gasteiger partial charge in [-0.25, -0.2) is 4.39 Å². The number of aliphatic hydroxyl groups excluding tert-OH is 1. The van der Waals surface area contributed by atoms with Crippen LogP contribution in [0.5, 0.6) is 0 Å². The van der Waals surface area contributed by atoms with E-state index < -0.39 is 6.10 Å². The summed E-state index contributed by atoms with van der Waals surface area (Å²) >= 11 is 0. The number of benzene rings is 1. The molecule has 1 fully saturated rings. The summed E-state index contributed by atoms with van der Waals surface area (Å²) in [6.45, 7) is 5.32. The van der Waals surface area contributed by atoms with Gasteiger partial charge >= 0.3 is 0 Å². The molecule has 1 aliphatic heterocycles. The average Bonchev–Trinajstić information content (AvgIpc) is 2.68. The first-order valence-electron chi connectivity index (χ1n) is 6.31. The molecule has 3 unspecified atom stereocenters. The van der Waals surface area contributed by atoms with Crippen molar-refractivity contribution in [3.05, 3.63) is 35.6 Å². The third-order valence-corrected chi connectivity index (χ3v) is 3.84. The molecular weight excluding hydrogens is 233 g/mol. The Morgan fingerprint density at radius 1 is 1.50 bits per heavy atom. The zero-order chi connectivity index (χ0) is 13.2. The van der Waals surface area contributed by atoms with Crippen molar-refractivity contribution in [2.45, 2.75) is 38.0 Å². The summed E-state index contributed by atoms with van der Waals surface area (Å²) in [6, 6.07) is 5.94. The Labute approximate surface area is 107 Å². The molecule has 1 aromatic rings. The van der Waals surface area contributed by atoms with Gasteiger partial charge in [0, 0.05) is 18.7 Å². The van der Waals surface area contributed by atoms with Crippen molar-refractivity contribution >= 4 is 0 Å². The van der Waals surface area contributed by atoms with Gasteiger partial charge in [-0.05, 0) is 38.0 Å². The maximum atomic E-state index is 12.8. The van der Waals surface area contributed by atoms with E-state index in [1.54, 1.807) is 12.1 Å². The summed E-state index contributed by atoms with van der Waals surface area (Å²) in [4.78, 5) is 0. The fourth-order valence-corrected chi connectivity index (χ4v) is 2.20. The van der Waals surface area contributed by atoms with E-state index in [-0.39, 0.29) is 17.5 Å². The first-order chi connectivity index (χ1) is 8.51. The van der Waals surface area contributed by atoms with Crippen molar-refractivity contribution in [2.24, 2.45) is 0 Å². The molecule has 0 amide bonds. The third kappa shape index (κ3) is 2.88. The van der Waals surface area contributed by atoms with E-state index in [0.717, 1.165) is 18.6 Å². The molecule has 0 radical (unpaired) electrons. The van der Waals surface area contributed by atoms with Crippen molar-refractivity contribution in [1.29, 1.82) is 0 Å². The molecule has 3 atom stereocenters. The normalized spacial score (nSPS) is 29.4. The highest BCUT2D eigenvalue weighted by Gasteiger charge is 2.36. The highest BCUT2D eigenvalue weighted by molar-refractivity contribution is 5.18. The van der Waals surface area contributed by atoms with Crippen LogP contribution in [-0.4, -0.2) is 29.9 Å². The van der Waals surface area contributed by atoms with Gasteiger partial charge in [-0.15, -0.1) is 0 Å². The number of halogens is 1. The SMILES string of the molecule is CC1OCCC1(C)NCC(O)c1ccc(F)cc1. The number of β-amino-alcohol motifs (C(OH)–C–C–N with tert-alkyl or cyclic N) is 1. The zero-order valence-electron chi connectivity index (χ0n) is 10.8. The number of nitrogens with one attached hydrogen (secondary N) is 1. The van der Waals surface area contributed by atoms with Gasteiger partial charge in [-0.2, -0.15) is 0 Å². The van der Waals surface area contributed by atoms with Crippen LogP contribution in [0, 0.1) is 5.82 Å². The van der Waals surface area contributed by atoms with Gasteiger partial charge in [0.15, 0.2) is 0 Å². The average molecular weight is 253 g/mol. The number of rotatable bonds is 4. The van der Waals surface area contributed by atoms with Gasteiger partial charge in [-0.3, -0.25) is 0 Å². The summed E-state index contributed by atoms with van der Waals surface area (Å²) in [5, 5.41) is 13.4. The van der Waals surface area contributed by atoms with Crippen molar-refractivity contribution in [3.8, 4) is 0 Å². The lowest BCUT2D eigenvalue weighted by Crippen LogP contribution is -2.49. The lowest BCUT2D eigenvalue weighted by Gasteiger charge is -2.30. The second kappa shape index (κ2) is 5.34. The van der Waals surface area contributed by atoms with Crippen LogP contribution in [0.1, 0.15) is 31.9 Å². The Balaban J connectivity index is 1.92. The molecule has 0 aromatic heterocycles. The van der Waals surface area contributed by atoms with Crippen LogP contribution in [0.15, 0.2) is 24.3 Å². The molecule has 1 saturated heterocycles. The summed E-state index contributed by atoms with van der Waals surface area (Å²) in [7, 11) is 0. The number of hydrogen-bond donors (Lipinski definition) is 2. The van der Waals surface area contributed by atoms with E-state index >= 15 is 0 Å². The van der Waals surface area contributed by atoms with Crippen molar-refractivity contribution < 1.29 is 14.2 Å². The molecule has 3 nitrogen and oxygen atoms in total. The third-order valence-electron chi connectivity index (χ3n) is 3.84. The molecule has 2 rings (SSSR count). The van der Waals surface area contributed by atoms with E-state index in [9.17, 15) is 9.50 Å². The van der Waals surface area contributed by atoms with Gasteiger partial charge in [0.25, 0.3) is 0 Å². The van der Waals surface area contributed by atoms with E-state index in [1.165, 1.54) is 12.1 Å². The molecule has 0 aliphatic carbocycles. The van der Waals surface area contributed by atoms with E-state index in [4.69, 9.17) is 4.74 Å². The predicted molar refractivity (Wildman–Crippen MR) is 67.8 cm³/mol. The van der Waals surface area contributed by atoms with Gasteiger partial charge in [0.2, 0.25) is 0 Å². The van der Waals surface area contributed by atoms with Gasteiger partial charge in [0.1, 0.15) is 5.82 Å². The van der Waals surface area contributed by atoms with Crippen LogP contribution in [0.2, 0.25) is 0 Å². The number of hydrogen-bond acceptors (Lipinski definition) is 3. The topological polar surface area (TPSA) is 41.5 Å². The second-order valence-corrected chi connectivity index (χ2v) is 5.13. The minimum atomic E-state index is -0.629. The van der Waals surface area contributed by atoms with Crippen molar-refractivity contribution in [3.63, 3.8) is 0 Å². The van der Waals surface area contributed by atoms with Gasteiger partial charge < -0.3 is 15.2 Å². The molecule has 0 bridgehead atoms. The molecule has 4 heteroatoms. The maximum absolute atomic E-state index is 12.8. The van der Waals surface area contributed by atoms with Crippen LogP contribution in [-0.2, 0) is 4.74 Å². The predicted octanol–water partition coefficient (Wildman–Crippen LogP) is 2.02. The van der Waals surface area contributed by atoms with E-state index in [0.29, 0.717) is 6.54 Å². The van der Waals surface area contributed by atoms with Crippen LogP contribution >= 0.6 is 0 Å². The minimum absolute atomic E-state index is 0.0962. The Morgan fingerprint density at radius 2 is 2.17 bits per heavy atom. The van der Waals surface area contributed by atoms with Crippen molar-refractivity contribution in [2.75, 3.05) is 13.2 Å². The Bertz CT molecular complexity index is 395. The summed E-state index contributed by atoms with van der Waals surface area (Å²) in [5.74, 6) is -0.288. The summed E-state index contributed by atoms with van der Waals surface area (Å²) in [6.07, 6.45) is 0.442. The molecule has 0 spiro atoms. The summed E-state index contributed by atoms with van der Waals surface area (Å²) in [5.41, 5.74) is 0.625. The number of aliphatic hydroxyl groups is 1. The van der Waals surface area contributed by atoms with Gasteiger partial charge in [-0.1, -0.05) is 12.1 Å². The highest BCUT2D eigenvalue weighted by atomic mass is 19.1. The first kappa shape index (κ1) is 13.5. The molecule has 2 N–H and O–H groups in total. The molecule has 0 saturated carbocycles. The zero-order valence-corrected chi connectivity index (χ0v) is 10.8. The van der Waals surface area contributed by atoms with Crippen LogP contribution in [0.25, 0.3) is 0 Å². The monoisotopic (exact) mass is 253 g/mol. The molecule has 1 aromatic carbocycles. The molecule has 18 heavy (non-hydrogen) atoms. The fraction of sp³-hybridized carbons (Fsp3) is 0.571. The van der Waals surface area contributed by atoms with E-state index in [1.807, 2.05) is 6.92 Å². The van der Waals surface area contributed by atoms with Gasteiger partial charge in [0.05, 0.1) is 12.2 Å².